The quantitative estimate of drug-likeness (QED) is 0.594. The summed E-state index contributed by atoms with van der Waals surface area (Å²) in [6.07, 6.45) is 0.756. The van der Waals surface area contributed by atoms with Gasteiger partial charge in [-0.25, -0.2) is 4.79 Å². The predicted molar refractivity (Wildman–Crippen MR) is 64.5 cm³/mol. The van der Waals surface area contributed by atoms with E-state index >= 15 is 0 Å². The van der Waals surface area contributed by atoms with E-state index in [-0.39, 0.29) is 5.97 Å². The minimum atomic E-state index is -0.834. The van der Waals surface area contributed by atoms with E-state index in [0.29, 0.717) is 6.61 Å². The van der Waals surface area contributed by atoms with E-state index in [1.807, 2.05) is 44.2 Å². The normalized spacial score (nSPS) is 31.0. The van der Waals surface area contributed by atoms with Crippen LogP contribution in [0.5, 0.6) is 0 Å². The Labute approximate surface area is 102 Å². The molecule has 1 saturated heterocycles. The van der Waals surface area contributed by atoms with Gasteiger partial charge in [0.25, 0.3) is 0 Å². The van der Waals surface area contributed by atoms with E-state index in [4.69, 9.17) is 9.47 Å². The van der Waals surface area contributed by atoms with E-state index in [1.165, 1.54) is 0 Å². The number of carbonyl (C=O) groups is 1. The van der Waals surface area contributed by atoms with E-state index in [9.17, 15) is 4.79 Å². The molecule has 1 aromatic carbocycles. The summed E-state index contributed by atoms with van der Waals surface area (Å²) in [5.41, 5.74) is -0.308. The van der Waals surface area contributed by atoms with Crippen molar-refractivity contribution in [1.82, 2.24) is 0 Å². The second-order valence-corrected chi connectivity index (χ2v) is 4.40. The lowest BCUT2D eigenvalue weighted by Gasteiger charge is -2.14. The Balaban J connectivity index is 2.29. The van der Waals surface area contributed by atoms with E-state index in [0.717, 1.165) is 12.0 Å². The maximum atomic E-state index is 11.9. The van der Waals surface area contributed by atoms with Gasteiger partial charge in [0.05, 0.1) is 6.61 Å². The van der Waals surface area contributed by atoms with Crippen molar-refractivity contribution in [3.63, 3.8) is 0 Å². The molecule has 3 heteroatoms. The zero-order valence-electron chi connectivity index (χ0n) is 10.5. The zero-order chi connectivity index (χ0) is 12.5. The fraction of sp³-hybridized carbons (Fsp3) is 0.500. The third kappa shape index (κ3) is 1.65. The average Bonchev–Trinajstić information content (AvgIpc) is 3.00. The maximum absolute atomic E-state index is 11.9. The summed E-state index contributed by atoms with van der Waals surface area (Å²) in [6, 6.07) is 9.86. The fourth-order valence-corrected chi connectivity index (χ4v) is 2.45. The van der Waals surface area contributed by atoms with Crippen molar-refractivity contribution in [1.29, 1.82) is 0 Å². The van der Waals surface area contributed by atoms with E-state index < -0.39 is 11.2 Å². The van der Waals surface area contributed by atoms with Crippen LogP contribution in [0.25, 0.3) is 0 Å². The van der Waals surface area contributed by atoms with Crippen LogP contribution in [-0.4, -0.2) is 18.2 Å². The van der Waals surface area contributed by atoms with Gasteiger partial charge in [0.15, 0.2) is 5.60 Å². The van der Waals surface area contributed by atoms with Crippen molar-refractivity contribution in [3.8, 4) is 0 Å². The second-order valence-electron chi connectivity index (χ2n) is 4.40. The lowest BCUT2D eigenvalue weighted by atomic mass is 9.85. The highest BCUT2D eigenvalue weighted by Crippen LogP contribution is 2.58. The van der Waals surface area contributed by atoms with Gasteiger partial charge in [-0.05, 0) is 25.8 Å². The number of benzene rings is 1. The molecule has 92 valence electrons. The molecule has 0 bridgehead atoms. The third-order valence-electron chi connectivity index (χ3n) is 3.51. The molecular weight excluding hydrogens is 216 g/mol. The first-order chi connectivity index (χ1) is 8.10. The average molecular weight is 234 g/mol. The number of hydrogen-bond donors (Lipinski definition) is 0. The van der Waals surface area contributed by atoms with Gasteiger partial charge in [-0.1, -0.05) is 37.3 Å². The summed E-state index contributed by atoms with van der Waals surface area (Å²) >= 11 is 0. The molecule has 0 spiro atoms. The molecule has 0 aliphatic carbocycles. The molecular formula is C14H18O3. The number of epoxide rings is 1. The molecule has 1 fully saturated rings. The first-order valence-electron chi connectivity index (χ1n) is 6.03. The van der Waals surface area contributed by atoms with Crippen molar-refractivity contribution in [2.24, 2.45) is 0 Å². The van der Waals surface area contributed by atoms with Crippen LogP contribution in [0.1, 0.15) is 32.8 Å². The summed E-state index contributed by atoms with van der Waals surface area (Å²) in [4.78, 5) is 11.9. The molecule has 0 amide bonds. The monoisotopic (exact) mass is 234 g/mol. The first-order valence-corrected chi connectivity index (χ1v) is 6.03. The molecule has 1 aliphatic rings. The summed E-state index contributed by atoms with van der Waals surface area (Å²) in [5.74, 6) is -0.272. The Morgan fingerprint density at radius 1 is 1.29 bits per heavy atom. The van der Waals surface area contributed by atoms with Crippen molar-refractivity contribution in [2.45, 2.75) is 38.4 Å². The predicted octanol–water partition coefficient (Wildman–Crippen LogP) is 2.64. The lowest BCUT2D eigenvalue weighted by Crippen LogP contribution is -2.31. The van der Waals surface area contributed by atoms with E-state index in [2.05, 4.69) is 0 Å². The minimum absolute atomic E-state index is 0.272. The highest BCUT2D eigenvalue weighted by molar-refractivity contribution is 5.85. The van der Waals surface area contributed by atoms with Gasteiger partial charge in [0, 0.05) is 0 Å². The Kier molecular flexibility index (Phi) is 2.96. The van der Waals surface area contributed by atoms with Gasteiger partial charge >= 0.3 is 5.97 Å². The largest absolute Gasteiger partial charge is 0.464 e. The first kappa shape index (κ1) is 12.1. The fourth-order valence-electron chi connectivity index (χ4n) is 2.45. The Bertz CT molecular complexity index is 415. The Morgan fingerprint density at radius 3 is 2.47 bits per heavy atom. The smallest absolute Gasteiger partial charge is 0.341 e. The highest BCUT2D eigenvalue weighted by atomic mass is 16.7. The van der Waals surface area contributed by atoms with Crippen LogP contribution >= 0.6 is 0 Å². The minimum Gasteiger partial charge on any atom is -0.464 e. The van der Waals surface area contributed by atoms with Crippen LogP contribution in [0.2, 0.25) is 0 Å². The van der Waals surface area contributed by atoms with Crippen molar-refractivity contribution in [2.75, 3.05) is 6.61 Å². The Hall–Kier alpha value is -1.35. The summed E-state index contributed by atoms with van der Waals surface area (Å²) in [5, 5.41) is 0. The van der Waals surface area contributed by atoms with Gasteiger partial charge < -0.3 is 9.47 Å². The van der Waals surface area contributed by atoms with Gasteiger partial charge in [-0.2, -0.15) is 0 Å². The van der Waals surface area contributed by atoms with Crippen LogP contribution in [0.4, 0.5) is 0 Å². The molecule has 1 heterocycles. The van der Waals surface area contributed by atoms with E-state index in [1.54, 1.807) is 6.92 Å². The maximum Gasteiger partial charge on any atom is 0.341 e. The summed E-state index contributed by atoms with van der Waals surface area (Å²) in [6.45, 7) is 6.02. The van der Waals surface area contributed by atoms with Crippen molar-refractivity contribution in [3.05, 3.63) is 35.9 Å². The van der Waals surface area contributed by atoms with Crippen LogP contribution in [0.15, 0.2) is 30.3 Å². The van der Waals surface area contributed by atoms with Gasteiger partial charge in [-0.15, -0.1) is 0 Å². The third-order valence-corrected chi connectivity index (χ3v) is 3.51. The highest BCUT2D eigenvalue weighted by Gasteiger charge is 2.72. The molecule has 3 nitrogen and oxygen atoms in total. The molecule has 2 atom stereocenters. The van der Waals surface area contributed by atoms with Crippen LogP contribution in [-0.2, 0) is 19.9 Å². The zero-order valence-corrected chi connectivity index (χ0v) is 10.5. The van der Waals surface area contributed by atoms with Gasteiger partial charge in [-0.3, -0.25) is 0 Å². The second kappa shape index (κ2) is 4.15. The standard InChI is InChI=1S/C14H18O3/c1-4-14(11-9-7-6-8-10-11)13(3,17-14)12(15)16-5-2/h6-10H,4-5H2,1-3H3/t13-,14-/m1/s1. The number of rotatable bonds is 4. The molecule has 0 saturated carbocycles. The molecule has 2 rings (SSSR count). The Morgan fingerprint density at radius 2 is 1.94 bits per heavy atom. The van der Waals surface area contributed by atoms with Crippen LogP contribution in [0, 0.1) is 0 Å². The van der Waals surface area contributed by atoms with Crippen LogP contribution < -0.4 is 0 Å². The van der Waals surface area contributed by atoms with Gasteiger partial charge in [0.2, 0.25) is 0 Å². The van der Waals surface area contributed by atoms with Crippen LogP contribution in [0.3, 0.4) is 0 Å². The molecule has 0 radical (unpaired) electrons. The number of esters is 1. The molecule has 1 aliphatic heterocycles. The summed E-state index contributed by atoms with van der Waals surface area (Å²) < 4.78 is 10.9. The number of carbonyl (C=O) groups excluding carboxylic acids is 1. The molecule has 0 aromatic heterocycles. The number of hydrogen-bond acceptors (Lipinski definition) is 3. The lowest BCUT2D eigenvalue weighted by molar-refractivity contribution is -0.148. The number of ether oxygens (including phenoxy) is 2. The SMILES string of the molecule is CCOC(=O)[C@@]1(C)O[C@]1(CC)c1ccccc1. The molecule has 1 aromatic rings. The van der Waals surface area contributed by atoms with Crippen molar-refractivity contribution >= 4 is 5.97 Å². The topological polar surface area (TPSA) is 38.8 Å². The summed E-state index contributed by atoms with van der Waals surface area (Å²) in [7, 11) is 0. The van der Waals surface area contributed by atoms with Gasteiger partial charge in [0.1, 0.15) is 5.60 Å². The molecule has 0 unspecified atom stereocenters. The van der Waals surface area contributed by atoms with Crippen molar-refractivity contribution < 1.29 is 14.3 Å². The molecule has 0 N–H and O–H groups in total. The molecule has 17 heavy (non-hydrogen) atoms.